The van der Waals surface area contributed by atoms with E-state index in [1.807, 2.05) is 0 Å². The van der Waals surface area contributed by atoms with Crippen LogP contribution >= 0.6 is 22.7 Å². The lowest BCUT2D eigenvalue weighted by atomic mass is 9.96. The number of anilines is 1. The molecule has 28 N–H and O–H groups in total. The molecule has 2 fully saturated rings. The highest BCUT2D eigenvalue weighted by Crippen LogP contribution is 2.35. The molecule has 0 radical (unpaired) electrons. The number of aromatic nitrogens is 6. The maximum atomic E-state index is 15.2. The lowest BCUT2D eigenvalue weighted by molar-refractivity contribution is -0.372. The van der Waals surface area contributed by atoms with Crippen molar-refractivity contribution in [1.29, 1.82) is 0 Å². The highest BCUT2D eigenvalue weighted by molar-refractivity contribution is 7.14. The van der Waals surface area contributed by atoms with Gasteiger partial charge in [-0.1, -0.05) is 6.92 Å². The van der Waals surface area contributed by atoms with Gasteiger partial charge in [-0.05, 0) is 46.7 Å². The number of carbonyl (C=O) groups is 10. The zero-order valence-corrected chi connectivity index (χ0v) is 58.9. The highest BCUT2D eigenvalue weighted by atomic mass is 32.1. The number of rotatable bonds is 42. The molecule has 6 rings (SSSR count). The Morgan fingerprint density at radius 1 is 0.724 bits per heavy atom. The number of aromatic amines is 1. The van der Waals surface area contributed by atoms with Gasteiger partial charge in [-0.15, -0.1) is 22.7 Å². The molecule has 2 aliphatic rings. The zero-order valence-electron chi connectivity index (χ0n) is 57.3. The number of hydrogen-bond acceptors (Lipinski definition) is 34. The molecule has 9 amide bonds. The van der Waals surface area contributed by atoms with Crippen molar-refractivity contribution in [3.05, 3.63) is 56.8 Å². The number of hydrogen-bond donors (Lipinski definition) is 23. The van der Waals surface area contributed by atoms with Gasteiger partial charge in [-0.2, -0.15) is 0 Å². The van der Waals surface area contributed by atoms with Gasteiger partial charge in [0, 0.05) is 61.8 Å². The Kier molecular flexibility index (Phi) is 33.0. The van der Waals surface area contributed by atoms with E-state index < -0.39 is 195 Å². The second-order valence-corrected chi connectivity index (χ2v) is 26.3. The van der Waals surface area contributed by atoms with E-state index in [-0.39, 0.29) is 66.9 Å². The Morgan fingerprint density at radius 2 is 1.40 bits per heavy atom. The van der Waals surface area contributed by atoms with Gasteiger partial charge in [0.1, 0.15) is 94.6 Å². The number of nitrogens with zero attached hydrogens (tertiary/aromatic N) is 5. The number of nitrogens with one attached hydrogen (secondary N) is 9. The number of aliphatic hydroxyl groups excluding tert-OH is 8. The van der Waals surface area contributed by atoms with Crippen molar-refractivity contribution in [2.45, 2.75) is 176 Å². The summed E-state index contributed by atoms with van der Waals surface area (Å²) in [6.45, 7) is 4.44. The second kappa shape index (κ2) is 40.7. The van der Waals surface area contributed by atoms with E-state index in [2.05, 4.69) is 72.4 Å². The summed E-state index contributed by atoms with van der Waals surface area (Å²) in [5, 5.41) is 123. The fourth-order valence-corrected chi connectivity index (χ4v) is 12.1. The molecule has 582 valence electrons. The predicted molar refractivity (Wildman–Crippen MR) is 362 cm³/mol. The number of carbonyl (C=O) groups excluding carboxylic acids is 9. The van der Waals surface area contributed by atoms with Crippen LogP contribution in [0.1, 0.15) is 108 Å². The van der Waals surface area contributed by atoms with E-state index in [0.29, 0.717) is 54.7 Å². The Bertz CT molecular complexity index is 3580. The molecule has 43 nitrogen and oxygen atoms in total. The molecule has 2 saturated heterocycles. The fourth-order valence-electron chi connectivity index (χ4n) is 10.5. The standard InChI is InChI=1S/C60H91N19O24S2/c1-23-38(76-51(79-49(23)63)28(15-34(62)83)71-16-27(61)50(64)92)55(96)78-40(46(29-17-67-22-72-29)101-59-48(44(90)42(88)32(18-80)100-59)102-58-45(91)47(103-60(65)98)43(89)33(19-81)99-58)56(97)73-25(3)41(87)24(2)52(93)77-39(26(4)82)54(95)70-14-9-36-74-31(21-104-36)57-75-30(20-105-57)53(94)69-13-6-11-66-10-5-12-68-35(84)7-8-37(85)86/h17,20-22,24-28,32-33,39-48,58-59,66,71,80-82,87-91H,5-16,18-19,61H2,1-4H3,(H2,62,83)(H2,64,92)(H2,65,98)(H,67,72)(H,68,84)(H,69,94)(H,70,95)(H,73,97)(H,77,93)(H,78,96)(H,85,86)(H2,63,76,79)/t24-,25+,26+,27-,28-,32-,33+,39-,40-,41-,42+,43+,44-,45-,46-,47-,48-,58+,59-/m0/s1. The Morgan fingerprint density at radius 3 is 2.03 bits per heavy atom. The lowest BCUT2D eigenvalue weighted by Gasteiger charge is -2.47. The van der Waals surface area contributed by atoms with Gasteiger partial charge in [0.05, 0.1) is 79.1 Å². The maximum Gasteiger partial charge on any atom is 0.404 e. The molecule has 0 aromatic carbocycles. The first-order valence-electron chi connectivity index (χ1n) is 32.9. The number of nitrogen functional groups attached to an aromatic ring is 1. The third-order valence-electron chi connectivity index (χ3n) is 16.5. The van der Waals surface area contributed by atoms with Crippen LogP contribution in [0, 0.1) is 12.8 Å². The first kappa shape index (κ1) is 85.2. The zero-order chi connectivity index (χ0) is 77.5. The first-order chi connectivity index (χ1) is 49.7. The number of amides is 9. The minimum atomic E-state index is -2.21. The van der Waals surface area contributed by atoms with Crippen LogP contribution in [0.3, 0.4) is 0 Å². The molecule has 45 heteroatoms. The van der Waals surface area contributed by atoms with E-state index >= 15 is 4.79 Å². The van der Waals surface area contributed by atoms with Crippen LogP contribution in [0.15, 0.2) is 23.3 Å². The molecule has 105 heavy (non-hydrogen) atoms. The van der Waals surface area contributed by atoms with Gasteiger partial charge in [0.2, 0.25) is 35.4 Å². The fraction of sp³-hybridized carbons (Fsp3) is 0.617. The molecule has 0 spiro atoms. The summed E-state index contributed by atoms with van der Waals surface area (Å²) in [4.78, 5) is 153. The molecule has 0 aliphatic carbocycles. The van der Waals surface area contributed by atoms with Crippen molar-refractivity contribution in [1.82, 2.24) is 72.4 Å². The topological polar surface area (TPSA) is 706 Å². The Labute approximate surface area is 606 Å². The summed E-state index contributed by atoms with van der Waals surface area (Å²) in [7, 11) is 0. The average Bonchev–Trinajstić information content (AvgIpc) is 1.45. The van der Waals surface area contributed by atoms with E-state index in [1.54, 1.807) is 10.8 Å². The van der Waals surface area contributed by atoms with Crippen molar-refractivity contribution in [2.24, 2.45) is 28.9 Å². The van der Waals surface area contributed by atoms with Crippen LogP contribution in [-0.2, 0) is 63.7 Å². The van der Waals surface area contributed by atoms with E-state index in [1.165, 1.54) is 50.4 Å². The first-order valence-corrected chi connectivity index (χ1v) is 34.6. The van der Waals surface area contributed by atoms with Gasteiger partial charge in [-0.25, -0.2) is 29.7 Å². The van der Waals surface area contributed by atoms with Crippen molar-refractivity contribution in [3.8, 4) is 10.7 Å². The van der Waals surface area contributed by atoms with Crippen LogP contribution in [0.4, 0.5) is 10.6 Å². The number of primary amides is 3. The van der Waals surface area contributed by atoms with Crippen LogP contribution in [0.2, 0.25) is 0 Å². The van der Waals surface area contributed by atoms with Gasteiger partial charge in [-0.3, -0.25) is 43.2 Å². The molecule has 19 atom stereocenters. The smallest absolute Gasteiger partial charge is 0.404 e. The quantitative estimate of drug-likeness (QED) is 0.0183. The average molecular weight is 1530 g/mol. The van der Waals surface area contributed by atoms with Crippen LogP contribution in [0.5, 0.6) is 0 Å². The maximum absolute atomic E-state index is 15.2. The molecule has 4 aromatic heterocycles. The minimum Gasteiger partial charge on any atom is -0.481 e. The largest absolute Gasteiger partial charge is 0.481 e. The number of aliphatic carboxylic acids is 1. The number of aliphatic hydroxyl groups is 8. The van der Waals surface area contributed by atoms with Crippen molar-refractivity contribution in [2.75, 3.05) is 58.2 Å². The van der Waals surface area contributed by atoms with Crippen molar-refractivity contribution < 1.29 is 118 Å². The predicted octanol–water partition coefficient (Wildman–Crippen LogP) is -8.62. The van der Waals surface area contributed by atoms with Crippen LogP contribution in [0.25, 0.3) is 10.7 Å². The lowest BCUT2D eigenvalue weighted by Crippen LogP contribution is -2.65. The van der Waals surface area contributed by atoms with Gasteiger partial charge in [0.25, 0.3) is 11.8 Å². The van der Waals surface area contributed by atoms with Crippen molar-refractivity contribution in [3.63, 3.8) is 0 Å². The summed E-state index contributed by atoms with van der Waals surface area (Å²) < 4.78 is 28.7. The molecule has 2 aliphatic heterocycles. The number of carboxylic acids is 1. The SMILES string of the molecule is Cc1c(N)nc([C@H](CC(N)=O)NC[C@H](N)C(N)=O)nc1C(=O)N[C@H](C(=O)N[C@H](C)[C@@H](O)[C@H](C)C(=O)N[C@H](C(=O)NCCc1nc(-c2nc(C(=O)NCCCNCCCNC(=O)CCC(=O)O)cs2)cs1)[C@@H](C)O)[C@@H](O[C@@H]1O[C@@H](CO)[C@@H](O)[C@H](O)[C@@H]1O[C@H]1O[C@H](CO)[C@@H](O)[C@H](OC(N)=O)[C@@H]1O)c1cnc[nH]1. The number of thiazole rings is 2. The molecular weight excluding hydrogens is 1430 g/mol. The highest BCUT2D eigenvalue weighted by Gasteiger charge is 2.54. The van der Waals surface area contributed by atoms with Gasteiger partial charge >= 0.3 is 12.1 Å². The second-order valence-electron chi connectivity index (χ2n) is 24.5. The molecule has 0 saturated carbocycles. The van der Waals surface area contributed by atoms with E-state index in [4.69, 9.17) is 57.5 Å². The molecule has 6 heterocycles. The number of nitrogens with two attached hydrogens (primary N) is 5. The molecular formula is C60H91N19O24S2. The van der Waals surface area contributed by atoms with Gasteiger partial charge in [0.15, 0.2) is 18.7 Å². The third-order valence-corrected chi connectivity index (χ3v) is 18.3. The number of H-pyrrole nitrogens is 1. The summed E-state index contributed by atoms with van der Waals surface area (Å²) >= 11 is 2.43. The number of imidazole rings is 1. The number of ether oxygens (including phenoxy) is 5. The number of carboxylic acid groups (broad SMARTS) is 1. The normalized spacial score (nSPS) is 22.8. The summed E-state index contributed by atoms with van der Waals surface area (Å²) in [5.74, 6) is -10.3. The summed E-state index contributed by atoms with van der Waals surface area (Å²) in [5.41, 5.74) is 27.9. The van der Waals surface area contributed by atoms with Crippen molar-refractivity contribution >= 4 is 87.8 Å². The molecule has 4 aromatic rings. The monoisotopic (exact) mass is 1530 g/mol. The minimum absolute atomic E-state index is 0.0436. The summed E-state index contributed by atoms with van der Waals surface area (Å²) in [6, 6.07) is -7.94. The molecule has 0 unspecified atom stereocenters. The van der Waals surface area contributed by atoms with E-state index in [0.717, 1.165) is 12.5 Å². The van der Waals surface area contributed by atoms with E-state index in [9.17, 15) is 84.0 Å². The Hall–Kier alpha value is -8.75. The van der Waals surface area contributed by atoms with Crippen LogP contribution in [-0.4, -0.2) is 285 Å². The molecule has 0 bridgehead atoms. The third kappa shape index (κ3) is 24.4. The van der Waals surface area contributed by atoms with Crippen LogP contribution < -0.4 is 71.2 Å². The Balaban J connectivity index is 1.17. The summed E-state index contributed by atoms with van der Waals surface area (Å²) in [6.07, 6.45) is -24.5. The van der Waals surface area contributed by atoms with Gasteiger partial charge < -0.3 is 146 Å².